The topological polar surface area (TPSA) is 49.3 Å². The van der Waals surface area contributed by atoms with E-state index in [1.807, 2.05) is 20.8 Å². The summed E-state index contributed by atoms with van der Waals surface area (Å²) in [5, 5.41) is 12.1. The summed E-state index contributed by atoms with van der Waals surface area (Å²) in [5.74, 6) is -0.320. The molecule has 0 aliphatic carbocycles. The molecule has 0 saturated carbocycles. The van der Waals surface area contributed by atoms with Crippen LogP contribution in [-0.2, 0) is 4.79 Å². The van der Waals surface area contributed by atoms with Gasteiger partial charge in [-0.1, -0.05) is 27.2 Å². The molecule has 0 aromatic rings. The maximum Gasteiger partial charge on any atom is 0.320 e. The zero-order valence-electron chi connectivity index (χ0n) is 9.71. The van der Waals surface area contributed by atoms with Crippen LogP contribution in [0.2, 0.25) is 0 Å². The van der Waals surface area contributed by atoms with Crippen molar-refractivity contribution in [2.45, 2.75) is 59.0 Å². The lowest BCUT2D eigenvalue weighted by atomic mass is 10.0. The van der Waals surface area contributed by atoms with Gasteiger partial charge in [0.1, 0.15) is 6.04 Å². The fourth-order valence-electron chi connectivity index (χ4n) is 1.57. The first-order valence-corrected chi connectivity index (χ1v) is 5.46. The molecule has 2 unspecified atom stereocenters. The first-order chi connectivity index (χ1) is 6.47. The monoisotopic (exact) mass is 201 g/mol. The van der Waals surface area contributed by atoms with Gasteiger partial charge in [0.05, 0.1) is 0 Å². The van der Waals surface area contributed by atoms with Crippen molar-refractivity contribution in [2.24, 2.45) is 5.92 Å². The third-order valence-electron chi connectivity index (χ3n) is 2.21. The summed E-state index contributed by atoms with van der Waals surface area (Å²) in [7, 11) is 0. The molecule has 2 atom stereocenters. The van der Waals surface area contributed by atoms with Crippen LogP contribution in [0.4, 0.5) is 0 Å². The van der Waals surface area contributed by atoms with E-state index in [0.717, 1.165) is 12.8 Å². The molecule has 0 aromatic carbocycles. The Morgan fingerprint density at radius 2 is 1.93 bits per heavy atom. The highest BCUT2D eigenvalue weighted by molar-refractivity contribution is 5.73. The van der Waals surface area contributed by atoms with Crippen molar-refractivity contribution in [1.29, 1.82) is 0 Å². The molecular weight excluding hydrogens is 178 g/mol. The van der Waals surface area contributed by atoms with Gasteiger partial charge in [0.15, 0.2) is 0 Å². The predicted octanol–water partition coefficient (Wildman–Crippen LogP) is 2.26. The third kappa shape index (κ3) is 5.97. The van der Waals surface area contributed by atoms with Crippen LogP contribution in [0.5, 0.6) is 0 Å². The molecule has 0 bridgehead atoms. The Morgan fingerprint density at radius 1 is 1.36 bits per heavy atom. The molecule has 0 spiro atoms. The summed E-state index contributed by atoms with van der Waals surface area (Å²) >= 11 is 0. The summed E-state index contributed by atoms with van der Waals surface area (Å²) in [6.45, 7) is 8.24. The van der Waals surface area contributed by atoms with Crippen LogP contribution in [0, 0.1) is 5.92 Å². The molecular formula is C11H23NO2. The van der Waals surface area contributed by atoms with Crippen LogP contribution >= 0.6 is 0 Å². The van der Waals surface area contributed by atoms with Crippen molar-refractivity contribution in [3.05, 3.63) is 0 Å². The second-order valence-electron chi connectivity index (χ2n) is 4.38. The van der Waals surface area contributed by atoms with Crippen LogP contribution in [0.15, 0.2) is 0 Å². The predicted molar refractivity (Wildman–Crippen MR) is 58.4 cm³/mol. The van der Waals surface area contributed by atoms with Gasteiger partial charge >= 0.3 is 5.97 Å². The molecule has 0 rings (SSSR count). The van der Waals surface area contributed by atoms with Gasteiger partial charge in [0.2, 0.25) is 0 Å². The molecule has 0 aromatic heterocycles. The minimum atomic E-state index is -0.735. The van der Waals surface area contributed by atoms with Crippen molar-refractivity contribution < 1.29 is 9.90 Å². The molecule has 0 aliphatic rings. The van der Waals surface area contributed by atoms with Crippen LogP contribution in [0.25, 0.3) is 0 Å². The highest BCUT2D eigenvalue weighted by atomic mass is 16.4. The highest BCUT2D eigenvalue weighted by Crippen LogP contribution is 2.07. The van der Waals surface area contributed by atoms with E-state index in [1.165, 1.54) is 0 Å². The van der Waals surface area contributed by atoms with E-state index >= 15 is 0 Å². The standard InChI is InChI=1S/C11H23NO2/c1-5-6-9(4)12-10(11(13)14)7-8(2)3/h8-10,12H,5-7H2,1-4H3,(H,13,14). The Morgan fingerprint density at radius 3 is 2.29 bits per heavy atom. The molecule has 0 amide bonds. The number of hydrogen-bond donors (Lipinski definition) is 2. The molecule has 84 valence electrons. The van der Waals surface area contributed by atoms with E-state index in [2.05, 4.69) is 12.2 Å². The Bertz CT molecular complexity index is 169. The lowest BCUT2D eigenvalue weighted by Gasteiger charge is -2.21. The van der Waals surface area contributed by atoms with Gasteiger partial charge in [-0.3, -0.25) is 4.79 Å². The van der Waals surface area contributed by atoms with Crippen molar-refractivity contribution in [3.63, 3.8) is 0 Å². The van der Waals surface area contributed by atoms with Gasteiger partial charge in [-0.15, -0.1) is 0 Å². The minimum Gasteiger partial charge on any atom is -0.480 e. The number of nitrogens with one attached hydrogen (secondary N) is 1. The fraction of sp³-hybridized carbons (Fsp3) is 0.909. The van der Waals surface area contributed by atoms with E-state index in [4.69, 9.17) is 5.11 Å². The summed E-state index contributed by atoms with van der Waals surface area (Å²) < 4.78 is 0. The minimum absolute atomic E-state index is 0.292. The molecule has 0 saturated heterocycles. The van der Waals surface area contributed by atoms with Gasteiger partial charge in [-0.05, 0) is 25.7 Å². The number of aliphatic carboxylic acids is 1. The number of carbonyl (C=O) groups is 1. The largest absolute Gasteiger partial charge is 0.480 e. The van der Waals surface area contributed by atoms with Crippen molar-refractivity contribution in [2.75, 3.05) is 0 Å². The van der Waals surface area contributed by atoms with Crippen LogP contribution in [0.1, 0.15) is 47.0 Å². The molecule has 0 aliphatic heterocycles. The van der Waals surface area contributed by atoms with Crippen molar-refractivity contribution >= 4 is 5.97 Å². The highest BCUT2D eigenvalue weighted by Gasteiger charge is 2.19. The van der Waals surface area contributed by atoms with E-state index in [1.54, 1.807) is 0 Å². The number of carboxylic acid groups (broad SMARTS) is 1. The molecule has 0 fully saturated rings. The van der Waals surface area contributed by atoms with Gasteiger partial charge in [-0.2, -0.15) is 0 Å². The Hall–Kier alpha value is -0.570. The lowest BCUT2D eigenvalue weighted by molar-refractivity contribution is -0.140. The smallest absolute Gasteiger partial charge is 0.320 e. The fourth-order valence-corrected chi connectivity index (χ4v) is 1.57. The van der Waals surface area contributed by atoms with Gasteiger partial charge in [0.25, 0.3) is 0 Å². The van der Waals surface area contributed by atoms with Gasteiger partial charge in [0, 0.05) is 6.04 Å². The summed E-state index contributed by atoms with van der Waals surface area (Å²) in [5.41, 5.74) is 0. The SMILES string of the molecule is CCCC(C)NC(CC(C)C)C(=O)O. The number of carboxylic acids is 1. The Balaban J connectivity index is 4.02. The van der Waals surface area contributed by atoms with E-state index in [-0.39, 0.29) is 0 Å². The number of hydrogen-bond acceptors (Lipinski definition) is 2. The molecule has 14 heavy (non-hydrogen) atoms. The summed E-state index contributed by atoms with van der Waals surface area (Å²) in [6.07, 6.45) is 2.81. The van der Waals surface area contributed by atoms with Gasteiger partial charge in [-0.25, -0.2) is 0 Å². The molecule has 2 N–H and O–H groups in total. The van der Waals surface area contributed by atoms with E-state index in [9.17, 15) is 4.79 Å². The van der Waals surface area contributed by atoms with E-state index < -0.39 is 12.0 Å². The van der Waals surface area contributed by atoms with Crippen molar-refractivity contribution in [1.82, 2.24) is 5.32 Å². The third-order valence-corrected chi connectivity index (χ3v) is 2.21. The normalized spacial score (nSPS) is 15.5. The molecule has 0 heterocycles. The quantitative estimate of drug-likeness (QED) is 0.664. The average molecular weight is 201 g/mol. The first kappa shape index (κ1) is 13.4. The summed E-state index contributed by atoms with van der Waals surface area (Å²) in [4.78, 5) is 10.9. The lowest BCUT2D eigenvalue weighted by Crippen LogP contribution is -2.42. The summed E-state index contributed by atoms with van der Waals surface area (Å²) in [6, 6.07) is -0.101. The second kappa shape index (κ2) is 6.82. The molecule has 0 radical (unpaired) electrons. The zero-order valence-corrected chi connectivity index (χ0v) is 9.71. The van der Waals surface area contributed by atoms with Crippen molar-refractivity contribution in [3.8, 4) is 0 Å². The van der Waals surface area contributed by atoms with Gasteiger partial charge < -0.3 is 10.4 Å². The van der Waals surface area contributed by atoms with Crippen LogP contribution in [0.3, 0.4) is 0 Å². The van der Waals surface area contributed by atoms with Crippen LogP contribution in [-0.4, -0.2) is 23.2 Å². The average Bonchev–Trinajstić information content (AvgIpc) is 2.02. The molecule has 3 heteroatoms. The maximum atomic E-state index is 10.9. The van der Waals surface area contributed by atoms with E-state index in [0.29, 0.717) is 18.4 Å². The Kier molecular flexibility index (Phi) is 6.54. The molecule has 3 nitrogen and oxygen atoms in total. The number of rotatable bonds is 7. The van der Waals surface area contributed by atoms with Crippen LogP contribution < -0.4 is 5.32 Å². The second-order valence-corrected chi connectivity index (χ2v) is 4.38. The zero-order chi connectivity index (χ0) is 11.1. The Labute approximate surface area is 86.9 Å². The maximum absolute atomic E-state index is 10.9. The first-order valence-electron chi connectivity index (χ1n) is 5.46.